The summed E-state index contributed by atoms with van der Waals surface area (Å²) in [6.07, 6.45) is 0.963. The van der Waals surface area contributed by atoms with Crippen molar-refractivity contribution in [3.05, 3.63) is 83.4 Å². The number of hydrogen-bond donors (Lipinski definition) is 1. The molecule has 6 nitrogen and oxygen atoms in total. The first-order valence-electron chi connectivity index (χ1n) is 12.4. The van der Waals surface area contributed by atoms with Crippen molar-refractivity contribution >= 4 is 0 Å². The van der Waals surface area contributed by atoms with Gasteiger partial charge in [-0.1, -0.05) is 60.6 Å². The van der Waals surface area contributed by atoms with E-state index >= 15 is 0 Å². The molecular weight excluding hydrogens is 450 g/mol. The molecule has 0 amide bonds. The minimum absolute atomic E-state index is 0.213. The maximum atomic E-state index is 9.50. The number of nitrogens with zero attached hydrogens (tertiary/aromatic N) is 3. The molecule has 3 aromatic carbocycles. The molecule has 4 aromatic rings. The lowest BCUT2D eigenvalue weighted by atomic mass is 9.94. The zero-order valence-electron chi connectivity index (χ0n) is 21.6. The molecule has 0 saturated heterocycles. The van der Waals surface area contributed by atoms with E-state index in [1.54, 1.807) is 7.11 Å². The van der Waals surface area contributed by atoms with Crippen molar-refractivity contribution < 1.29 is 14.4 Å². The smallest absolute Gasteiger partial charge is 0.258 e. The Labute approximate surface area is 213 Å². The summed E-state index contributed by atoms with van der Waals surface area (Å²) >= 11 is 0. The van der Waals surface area contributed by atoms with Crippen molar-refractivity contribution in [2.24, 2.45) is 5.92 Å². The summed E-state index contributed by atoms with van der Waals surface area (Å²) in [6, 6.07) is 22.8. The lowest BCUT2D eigenvalue weighted by Gasteiger charge is -2.21. The third kappa shape index (κ3) is 6.08. The van der Waals surface area contributed by atoms with Gasteiger partial charge in [-0.25, -0.2) is 0 Å². The van der Waals surface area contributed by atoms with Crippen LogP contribution in [0.2, 0.25) is 0 Å². The van der Waals surface area contributed by atoms with Crippen molar-refractivity contribution in [3.63, 3.8) is 0 Å². The highest BCUT2D eigenvalue weighted by molar-refractivity contribution is 5.74. The Bertz CT molecular complexity index is 1280. The second-order valence-corrected chi connectivity index (χ2v) is 9.40. The lowest BCUT2D eigenvalue weighted by Crippen LogP contribution is -2.27. The summed E-state index contributed by atoms with van der Waals surface area (Å²) in [5, 5.41) is 13.8. The molecule has 1 unspecified atom stereocenters. The van der Waals surface area contributed by atoms with Gasteiger partial charge in [0.1, 0.15) is 0 Å². The molecule has 6 heteroatoms. The van der Waals surface area contributed by atoms with E-state index in [-0.39, 0.29) is 12.5 Å². The van der Waals surface area contributed by atoms with Gasteiger partial charge >= 0.3 is 0 Å². The second-order valence-electron chi connectivity index (χ2n) is 9.40. The highest BCUT2D eigenvalue weighted by Gasteiger charge is 2.15. The second kappa shape index (κ2) is 12.1. The van der Waals surface area contributed by atoms with Crippen LogP contribution in [0, 0.1) is 12.8 Å². The Morgan fingerprint density at radius 2 is 1.83 bits per heavy atom. The molecule has 1 atom stereocenters. The molecule has 188 valence electrons. The van der Waals surface area contributed by atoms with Gasteiger partial charge in [0, 0.05) is 37.9 Å². The van der Waals surface area contributed by atoms with E-state index in [4.69, 9.17) is 14.2 Å². The van der Waals surface area contributed by atoms with Crippen molar-refractivity contribution in [3.8, 4) is 34.0 Å². The van der Waals surface area contributed by atoms with Crippen LogP contribution in [0.1, 0.15) is 30.0 Å². The standard InChI is InChI=1S/C30H35N3O3/c1-5-22(19-34)17-33(3)18-23-10-8-11-24(15-23)29-31-30(36-32-29)25-13-14-28(26(16-25)20-35-4)27-12-7-6-9-21(27)2/h6-16,22,34H,5,17-20H2,1-4H3. The van der Waals surface area contributed by atoms with E-state index in [1.165, 1.54) is 16.7 Å². The molecule has 1 N–H and O–H groups in total. The van der Waals surface area contributed by atoms with Crippen LogP contribution in [0.3, 0.4) is 0 Å². The highest BCUT2D eigenvalue weighted by Crippen LogP contribution is 2.31. The molecule has 1 heterocycles. The molecule has 0 fully saturated rings. The number of hydrogen-bond acceptors (Lipinski definition) is 6. The Kier molecular flexibility index (Phi) is 8.65. The minimum atomic E-state index is 0.213. The molecule has 0 saturated carbocycles. The number of aliphatic hydroxyl groups excluding tert-OH is 1. The van der Waals surface area contributed by atoms with E-state index < -0.39 is 0 Å². The van der Waals surface area contributed by atoms with Gasteiger partial charge in [-0.05, 0) is 72.3 Å². The molecule has 0 aliphatic carbocycles. The zero-order valence-corrected chi connectivity index (χ0v) is 21.6. The van der Waals surface area contributed by atoms with Gasteiger partial charge in [0.2, 0.25) is 5.82 Å². The Morgan fingerprint density at radius 3 is 2.58 bits per heavy atom. The average Bonchev–Trinajstić information content (AvgIpc) is 3.39. The number of rotatable bonds is 11. The molecule has 1 aromatic heterocycles. The number of aryl methyl sites for hydroxylation is 1. The van der Waals surface area contributed by atoms with Crippen LogP contribution in [-0.4, -0.2) is 47.5 Å². The third-order valence-electron chi connectivity index (χ3n) is 6.56. The highest BCUT2D eigenvalue weighted by atomic mass is 16.5. The van der Waals surface area contributed by atoms with Gasteiger partial charge < -0.3 is 19.3 Å². The van der Waals surface area contributed by atoms with E-state index in [1.807, 2.05) is 24.3 Å². The molecule has 0 bridgehead atoms. The summed E-state index contributed by atoms with van der Waals surface area (Å²) in [6.45, 7) is 6.57. The Hall–Kier alpha value is -3.32. The maximum Gasteiger partial charge on any atom is 0.258 e. The van der Waals surface area contributed by atoms with Crippen LogP contribution >= 0.6 is 0 Å². The number of ether oxygens (including phenoxy) is 1. The first kappa shape index (κ1) is 25.8. The molecule has 4 rings (SSSR count). The number of aromatic nitrogens is 2. The maximum absolute atomic E-state index is 9.50. The quantitative estimate of drug-likeness (QED) is 0.282. The van der Waals surface area contributed by atoms with Gasteiger partial charge in [-0.15, -0.1) is 0 Å². The van der Waals surface area contributed by atoms with Crippen LogP contribution in [0.15, 0.2) is 71.3 Å². The van der Waals surface area contributed by atoms with E-state index in [0.29, 0.717) is 18.3 Å². The predicted octanol–water partition coefficient (Wildman–Crippen LogP) is 5.98. The zero-order chi connectivity index (χ0) is 25.5. The van der Waals surface area contributed by atoms with Gasteiger partial charge in [-0.3, -0.25) is 0 Å². The fourth-order valence-corrected chi connectivity index (χ4v) is 4.54. The van der Waals surface area contributed by atoms with E-state index in [0.717, 1.165) is 41.8 Å². The minimum Gasteiger partial charge on any atom is -0.396 e. The Balaban J connectivity index is 1.56. The third-order valence-corrected chi connectivity index (χ3v) is 6.56. The van der Waals surface area contributed by atoms with E-state index in [9.17, 15) is 5.11 Å². The van der Waals surface area contributed by atoms with Crippen molar-refractivity contribution in [1.29, 1.82) is 0 Å². The van der Waals surface area contributed by atoms with E-state index in [2.05, 4.69) is 73.4 Å². The summed E-state index contributed by atoms with van der Waals surface area (Å²) in [4.78, 5) is 6.94. The topological polar surface area (TPSA) is 71.6 Å². The molecule has 0 aliphatic rings. The fourth-order valence-electron chi connectivity index (χ4n) is 4.54. The van der Waals surface area contributed by atoms with Crippen molar-refractivity contribution in [1.82, 2.24) is 15.0 Å². The van der Waals surface area contributed by atoms with Crippen LogP contribution in [0.4, 0.5) is 0 Å². The summed E-state index contributed by atoms with van der Waals surface area (Å²) in [7, 11) is 3.78. The predicted molar refractivity (Wildman–Crippen MR) is 143 cm³/mol. The summed E-state index contributed by atoms with van der Waals surface area (Å²) < 4.78 is 11.2. The van der Waals surface area contributed by atoms with Crippen molar-refractivity contribution in [2.45, 2.75) is 33.4 Å². The molecule has 0 aliphatic heterocycles. The van der Waals surface area contributed by atoms with Gasteiger partial charge in [0.05, 0.1) is 6.61 Å². The fraction of sp³-hybridized carbons (Fsp3) is 0.333. The largest absolute Gasteiger partial charge is 0.396 e. The molecule has 36 heavy (non-hydrogen) atoms. The van der Waals surface area contributed by atoms with Gasteiger partial charge in [0.25, 0.3) is 5.89 Å². The Morgan fingerprint density at radius 1 is 1.00 bits per heavy atom. The van der Waals surface area contributed by atoms with Crippen molar-refractivity contribution in [2.75, 3.05) is 27.3 Å². The number of methoxy groups -OCH3 is 1. The van der Waals surface area contributed by atoms with Crippen LogP contribution in [0.5, 0.6) is 0 Å². The normalized spacial score (nSPS) is 12.3. The molecular formula is C30H35N3O3. The lowest BCUT2D eigenvalue weighted by molar-refractivity contribution is 0.173. The van der Waals surface area contributed by atoms with Gasteiger partial charge in [-0.2, -0.15) is 4.98 Å². The monoisotopic (exact) mass is 485 g/mol. The van der Waals surface area contributed by atoms with Gasteiger partial charge in [0.15, 0.2) is 0 Å². The van der Waals surface area contributed by atoms with Crippen LogP contribution < -0.4 is 0 Å². The number of benzene rings is 3. The molecule has 0 spiro atoms. The summed E-state index contributed by atoms with van der Waals surface area (Å²) in [5.74, 6) is 1.33. The SMILES string of the molecule is CCC(CO)CN(C)Cc1cccc(-c2noc(-c3ccc(-c4ccccc4C)c(COC)c3)n2)c1. The van der Waals surface area contributed by atoms with Crippen LogP contribution in [-0.2, 0) is 17.9 Å². The first-order chi connectivity index (χ1) is 17.5. The summed E-state index contributed by atoms with van der Waals surface area (Å²) in [5.41, 5.74) is 7.56. The number of aliphatic hydroxyl groups is 1. The van der Waals surface area contributed by atoms with Crippen LogP contribution in [0.25, 0.3) is 34.0 Å². The average molecular weight is 486 g/mol. The first-order valence-corrected chi connectivity index (χ1v) is 12.4. The molecule has 0 radical (unpaired) electrons.